The van der Waals surface area contributed by atoms with Gasteiger partial charge < -0.3 is 20.5 Å². The first-order valence-electron chi connectivity index (χ1n) is 8.25. The van der Waals surface area contributed by atoms with Crippen LogP contribution in [0.2, 0.25) is 0 Å². The lowest BCUT2D eigenvalue weighted by Gasteiger charge is -2.12. The van der Waals surface area contributed by atoms with Gasteiger partial charge in [-0.2, -0.15) is 0 Å². The molecule has 0 saturated carbocycles. The summed E-state index contributed by atoms with van der Waals surface area (Å²) in [6.45, 7) is 3.64. The highest BCUT2D eigenvalue weighted by Gasteiger charge is 2.07. The number of nitrogens with one attached hydrogen (secondary N) is 2. The molecular formula is C19H24FN3O2. The maximum atomic E-state index is 13.2. The van der Waals surface area contributed by atoms with Gasteiger partial charge in [0.05, 0.1) is 13.7 Å². The van der Waals surface area contributed by atoms with E-state index in [9.17, 15) is 9.50 Å². The van der Waals surface area contributed by atoms with E-state index in [-0.39, 0.29) is 11.6 Å². The number of halogens is 1. The van der Waals surface area contributed by atoms with Crippen molar-refractivity contribution >= 4 is 5.96 Å². The fraction of sp³-hybridized carbons (Fsp3) is 0.316. The van der Waals surface area contributed by atoms with E-state index in [0.29, 0.717) is 36.8 Å². The Kier molecular flexibility index (Phi) is 7.07. The van der Waals surface area contributed by atoms with E-state index in [4.69, 9.17) is 4.74 Å². The van der Waals surface area contributed by atoms with Crippen molar-refractivity contribution in [3.05, 3.63) is 59.4 Å². The summed E-state index contributed by atoms with van der Waals surface area (Å²) in [5, 5.41) is 16.5. The lowest BCUT2D eigenvalue weighted by molar-refractivity contribution is 0.370. The highest BCUT2D eigenvalue weighted by molar-refractivity contribution is 5.79. The van der Waals surface area contributed by atoms with Crippen molar-refractivity contribution in [1.82, 2.24) is 10.6 Å². The first-order valence-corrected chi connectivity index (χ1v) is 8.25. The first-order chi connectivity index (χ1) is 12.1. The molecule has 2 aromatic rings. The summed E-state index contributed by atoms with van der Waals surface area (Å²) in [5.41, 5.74) is 1.61. The molecule has 0 fully saturated rings. The molecule has 0 aliphatic heterocycles. The Hall–Kier alpha value is -2.76. The molecule has 0 aliphatic carbocycles. The maximum Gasteiger partial charge on any atom is 0.191 e. The number of guanidine groups is 1. The van der Waals surface area contributed by atoms with Crippen LogP contribution in [0.25, 0.3) is 0 Å². The van der Waals surface area contributed by atoms with Gasteiger partial charge in [-0.1, -0.05) is 24.3 Å². The minimum absolute atomic E-state index is 0.101. The van der Waals surface area contributed by atoms with E-state index >= 15 is 0 Å². The van der Waals surface area contributed by atoms with Crippen molar-refractivity contribution in [1.29, 1.82) is 0 Å². The molecule has 0 heterocycles. The average Bonchev–Trinajstić information content (AvgIpc) is 2.61. The topological polar surface area (TPSA) is 65.9 Å². The number of hydrogen-bond acceptors (Lipinski definition) is 3. The Bertz CT molecular complexity index is 720. The van der Waals surface area contributed by atoms with Crippen molar-refractivity contribution in [2.75, 3.05) is 20.2 Å². The van der Waals surface area contributed by atoms with E-state index in [1.165, 1.54) is 19.2 Å². The van der Waals surface area contributed by atoms with Crippen LogP contribution in [0.4, 0.5) is 4.39 Å². The van der Waals surface area contributed by atoms with Gasteiger partial charge in [0.15, 0.2) is 17.5 Å². The lowest BCUT2D eigenvalue weighted by Crippen LogP contribution is -2.38. The van der Waals surface area contributed by atoms with Crippen LogP contribution >= 0.6 is 0 Å². The van der Waals surface area contributed by atoms with E-state index in [0.717, 1.165) is 12.1 Å². The maximum absolute atomic E-state index is 13.2. The minimum Gasteiger partial charge on any atom is -0.504 e. The number of ether oxygens (including phenoxy) is 1. The number of aliphatic imine (C=N–C) groups is 1. The quantitative estimate of drug-likeness (QED) is 0.533. The van der Waals surface area contributed by atoms with Crippen LogP contribution in [-0.2, 0) is 13.0 Å². The van der Waals surface area contributed by atoms with Crippen LogP contribution < -0.4 is 15.4 Å². The highest BCUT2D eigenvalue weighted by Crippen LogP contribution is 2.29. The molecule has 134 valence electrons. The number of aromatic hydroxyl groups is 1. The summed E-state index contributed by atoms with van der Waals surface area (Å²) in [5.74, 6) is 0.939. The highest BCUT2D eigenvalue weighted by atomic mass is 19.1. The first kappa shape index (κ1) is 18.6. The summed E-state index contributed by atoms with van der Waals surface area (Å²) in [6.07, 6.45) is 0.687. The summed E-state index contributed by atoms with van der Waals surface area (Å²) >= 11 is 0. The Labute approximate surface area is 147 Å². The Morgan fingerprint density at radius 2 is 2.00 bits per heavy atom. The van der Waals surface area contributed by atoms with Gasteiger partial charge in [-0.05, 0) is 37.1 Å². The Morgan fingerprint density at radius 3 is 2.72 bits per heavy atom. The molecule has 0 spiro atoms. The predicted molar refractivity (Wildman–Crippen MR) is 97.6 cm³/mol. The molecule has 0 amide bonds. The molecule has 0 radical (unpaired) electrons. The van der Waals surface area contributed by atoms with E-state index in [1.54, 1.807) is 18.2 Å². The fourth-order valence-corrected chi connectivity index (χ4v) is 2.38. The number of hydrogen-bond donors (Lipinski definition) is 3. The van der Waals surface area contributed by atoms with Gasteiger partial charge >= 0.3 is 0 Å². The number of nitrogens with zero attached hydrogens (tertiary/aromatic N) is 1. The fourth-order valence-electron chi connectivity index (χ4n) is 2.38. The lowest BCUT2D eigenvalue weighted by atomic mass is 10.1. The third kappa shape index (κ3) is 5.67. The number of rotatable bonds is 7. The summed E-state index contributed by atoms with van der Waals surface area (Å²) in [6, 6.07) is 11.9. The SMILES string of the molecule is CCNC(=NCc1cccc(OC)c1O)NCCc1cccc(F)c1. The van der Waals surface area contributed by atoms with Crippen molar-refractivity contribution in [3.8, 4) is 11.5 Å². The van der Waals surface area contributed by atoms with Crippen molar-refractivity contribution in [3.63, 3.8) is 0 Å². The number of phenols is 1. The van der Waals surface area contributed by atoms with Gasteiger partial charge in [0.25, 0.3) is 0 Å². The monoisotopic (exact) mass is 345 g/mol. The molecule has 0 saturated heterocycles. The second-order valence-corrected chi connectivity index (χ2v) is 5.47. The number of para-hydroxylation sites is 1. The van der Waals surface area contributed by atoms with Gasteiger partial charge in [0.2, 0.25) is 0 Å². The molecular weight excluding hydrogens is 321 g/mol. The van der Waals surface area contributed by atoms with Gasteiger partial charge in [0.1, 0.15) is 5.82 Å². The zero-order valence-corrected chi connectivity index (χ0v) is 14.6. The van der Waals surface area contributed by atoms with Crippen molar-refractivity contribution < 1.29 is 14.2 Å². The molecule has 25 heavy (non-hydrogen) atoms. The molecule has 0 unspecified atom stereocenters. The molecule has 2 rings (SSSR count). The normalized spacial score (nSPS) is 11.2. The molecule has 0 aromatic heterocycles. The van der Waals surface area contributed by atoms with Crippen LogP contribution in [-0.4, -0.2) is 31.3 Å². The van der Waals surface area contributed by atoms with Crippen LogP contribution in [0.15, 0.2) is 47.5 Å². The summed E-state index contributed by atoms with van der Waals surface area (Å²) in [7, 11) is 1.51. The zero-order valence-electron chi connectivity index (χ0n) is 14.6. The molecule has 2 aromatic carbocycles. The second-order valence-electron chi connectivity index (χ2n) is 5.47. The van der Waals surface area contributed by atoms with Gasteiger partial charge in [-0.15, -0.1) is 0 Å². The van der Waals surface area contributed by atoms with Gasteiger partial charge in [0, 0.05) is 18.7 Å². The Balaban J connectivity index is 1.96. The molecule has 5 nitrogen and oxygen atoms in total. The van der Waals surface area contributed by atoms with E-state index < -0.39 is 0 Å². The second kappa shape index (κ2) is 9.52. The average molecular weight is 345 g/mol. The van der Waals surface area contributed by atoms with Gasteiger partial charge in [-0.3, -0.25) is 0 Å². The third-order valence-electron chi connectivity index (χ3n) is 3.65. The molecule has 3 N–H and O–H groups in total. The Morgan fingerprint density at radius 1 is 1.20 bits per heavy atom. The zero-order chi connectivity index (χ0) is 18.1. The van der Waals surface area contributed by atoms with Crippen molar-refractivity contribution in [2.24, 2.45) is 4.99 Å². The number of benzene rings is 2. The molecule has 0 aliphatic rings. The smallest absolute Gasteiger partial charge is 0.191 e. The molecule has 0 atom stereocenters. The van der Waals surface area contributed by atoms with Crippen LogP contribution in [0, 0.1) is 5.82 Å². The largest absolute Gasteiger partial charge is 0.504 e. The number of phenolic OH excluding ortho intramolecular Hbond substituents is 1. The standard InChI is InChI=1S/C19H24FN3O2/c1-3-21-19(22-11-10-14-6-4-8-16(20)12-14)23-13-15-7-5-9-17(25-2)18(15)24/h4-9,12,24H,3,10-11,13H2,1-2H3,(H2,21,22,23). The molecule has 6 heteroatoms. The van der Waals surface area contributed by atoms with Crippen molar-refractivity contribution in [2.45, 2.75) is 19.9 Å². The van der Waals surface area contributed by atoms with E-state index in [1.807, 2.05) is 19.1 Å². The van der Waals surface area contributed by atoms with Crippen LogP contribution in [0.1, 0.15) is 18.1 Å². The van der Waals surface area contributed by atoms with Crippen LogP contribution in [0.5, 0.6) is 11.5 Å². The summed E-state index contributed by atoms with van der Waals surface area (Å²) in [4.78, 5) is 4.47. The summed E-state index contributed by atoms with van der Waals surface area (Å²) < 4.78 is 18.3. The van der Waals surface area contributed by atoms with Gasteiger partial charge in [-0.25, -0.2) is 9.38 Å². The minimum atomic E-state index is -0.230. The number of methoxy groups -OCH3 is 1. The molecule has 0 bridgehead atoms. The van der Waals surface area contributed by atoms with Crippen LogP contribution in [0.3, 0.4) is 0 Å². The van der Waals surface area contributed by atoms with E-state index in [2.05, 4.69) is 15.6 Å². The predicted octanol–water partition coefficient (Wildman–Crippen LogP) is 2.84. The third-order valence-corrected chi connectivity index (χ3v) is 3.65.